The first kappa shape index (κ1) is 18.1. The molecule has 0 unspecified atom stereocenters. The SMILES string of the molecule is O=C(/C(=C(\O)c1ccccc1)c1nc2ccccc2[nH]1)c1ccc([N+](=O)[O-])cc1. The number of H-pyrrole nitrogens is 1. The number of aliphatic hydroxyl groups is 1. The van der Waals surface area contributed by atoms with Crippen LogP contribution in [-0.2, 0) is 0 Å². The number of carbonyl (C=O) groups is 1. The van der Waals surface area contributed by atoms with Gasteiger partial charge in [0.25, 0.3) is 5.69 Å². The zero-order valence-corrected chi connectivity index (χ0v) is 15.1. The molecule has 0 atom stereocenters. The fourth-order valence-electron chi connectivity index (χ4n) is 3.02. The first-order valence-corrected chi connectivity index (χ1v) is 8.77. The van der Waals surface area contributed by atoms with Crippen molar-refractivity contribution in [2.45, 2.75) is 0 Å². The van der Waals surface area contributed by atoms with E-state index >= 15 is 0 Å². The van der Waals surface area contributed by atoms with Gasteiger partial charge in [-0.25, -0.2) is 4.98 Å². The van der Waals surface area contributed by atoms with Crippen LogP contribution in [0.2, 0.25) is 0 Å². The Hall–Kier alpha value is -4.26. The molecule has 7 nitrogen and oxygen atoms in total. The van der Waals surface area contributed by atoms with Gasteiger partial charge in [-0.15, -0.1) is 0 Å². The predicted octanol–water partition coefficient (Wildman–Crippen LogP) is 4.78. The Labute approximate surface area is 165 Å². The monoisotopic (exact) mass is 385 g/mol. The second-order valence-electron chi connectivity index (χ2n) is 6.33. The van der Waals surface area contributed by atoms with Crippen molar-refractivity contribution >= 4 is 33.8 Å². The van der Waals surface area contributed by atoms with E-state index in [0.29, 0.717) is 11.1 Å². The second-order valence-corrected chi connectivity index (χ2v) is 6.33. The lowest BCUT2D eigenvalue weighted by molar-refractivity contribution is -0.384. The number of nitro groups is 1. The molecule has 0 aliphatic rings. The number of nitro benzene ring substituents is 1. The maximum atomic E-state index is 13.3. The Morgan fingerprint density at radius 3 is 2.21 bits per heavy atom. The van der Waals surface area contributed by atoms with Crippen molar-refractivity contribution in [2.24, 2.45) is 0 Å². The first-order valence-electron chi connectivity index (χ1n) is 8.77. The van der Waals surface area contributed by atoms with Gasteiger partial charge < -0.3 is 10.1 Å². The minimum absolute atomic E-state index is 0.0127. The summed E-state index contributed by atoms with van der Waals surface area (Å²) in [5, 5.41) is 21.8. The molecule has 0 saturated heterocycles. The highest BCUT2D eigenvalue weighted by Gasteiger charge is 2.24. The molecule has 3 aromatic carbocycles. The molecule has 0 aliphatic heterocycles. The third-order valence-electron chi connectivity index (χ3n) is 4.48. The van der Waals surface area contributed by atoms with E-state index in [2.05, 4.69) is 9.97 Å². The highest BCUT2D eigenvalue weighted by Crippen LogP contribution is 2.28. The van der Waals surface area contributed by atoms with Gasteiger partial charge in [-0.1, -0.05) is 42.5 Å². The molecule has 0 amide bonds. The van der Waals surface area contributed by atoms with E-state index < -0.39 is 10.7 Å². The molecular weight excluding hydrogens is 370 g/mol. The zero-order valence-electron chi connectivity index (χ0n) is 15.1. The molecule has 142 valence electrons. The number of nitrogens with one attached hydrogen (secondary N) is 1. The van der Waals surface area contributed by atoms with E-state index in [0.717, 1.165) is 5.52 Å². The fourth-order valence-corrected chi connectivity index (χ4v) is 3.02. The average Bonchev–Trinajstić information content (AvgIpc) is 3.18. The summed E-state index contributed by atoms with van der Waals surface area (Å²) in [6, 6.07) is 21.2. The van der Waals surface area contributed by atoms with Crippen LogP contribution in [0.5, 0.6) is 0 Å². The smallest absolute Gasteiger partial charge is 0.269 e. The molecule has 0 aliphatic carbocycles. The lowest BCUT2D eigenvalue weighted by atomic mass is 9.98. The summed E-state index contributed by atoms with van der Waals surface area (Å²) in [6.45, 7) is 0. The minimum atomic E-state index is -0.536. The minimum Gasteiger partial charge on any atom is -0.506 e. The number of fused-ring (bicyclic) bond motifs is 1. The Balaban J connectivity index is 1.88. The molecule has 4 rings (SSSR count). The van der Waals surface area contributed by atoms with Gasteiger partial charge in [0.05, 0.1) is 16.0 Å². The number of non-ortho nitro benzene ring substituents is 1. The van der Waals surface area contributed by atoms with Crippen LogP contribution in [-0.4, -0.2) is 25.8 Å². The maximum absolute atomic E-state index is 13.3. The van der Waals surface area contributed by atoms with Crippen molar-refractivity contribution in [1.82, 2.24) is 9.97 Å². The molecule has 0 fully saturated rings. The number of ketones is 1. The quantitative estimate of drug-likeness (QED) is 0.169. The summed E-state index contributed by atoms with van der Waals surface area (Å²) in [5.74, 6) is -0.510. The van der Waals surface area contributed by atoms with Crippen LogP contribution in [0.3, 0.4) is 0 Å². The van der Waals surface area contributed by atoms with Crippen LogP contribution >= 0.6 is 0 Å². The first-order chi connectivity index (χ1) is 14.0. The van der Waals surface area contributed by atoms with Crippen LogP contribution in [0, 0.1) is 10.1 Å². The second kappa shape index (κ2) is 7.40. The van der Waals surface area contributed by atoms with Crippen molar-refractivity contribution in [2.75, 3.05) is 0 Å². The molecule has 1 aromatic heterocycles. The number of aromatic nitrogens is 2. The number of aromatic amines is 1. The third kappa shape index (κ3) is 3.49. The van der Waals surface area contributed by atoms with Crippen molar-refractivity contribution in [3.8, 4) is 0 Å². The van der Waals surface area contributed by atoms with Gasteiger partial charge in [0.15, 0.2) is 0 Å². The van der Waals surface area contributed by atoms with Crippen LogP contribution in [0.25, 0.3) is 22.4 Å². The van der Waals surface area contributed by atoms with Gasteiger partial charge in [0.1, 0.15) is 17.2 Å². The molecule has 29 heavy (non-hydrogen) atoms. The molecule has 0 bridgehead atoms. The van der Waals surface area contributed by atoms with Crippen LogP contribution in [0.1, 0.15) is 21.7 Å². The number of hydrogen-bond acceptors (Lipinski definition) is 5. The van der Waals surface area contributed by atoms with Gasteiger partial charge in [-0.3, -0.25) is 14.9 Å². The van der Waals surface area contributed by atoms with E-state index in [1.54, 1.807) is 36.4 Å². The number of imidazole rings is 1. The van der Waals surface area contributed by atoms with Gasteiger partial charge in [0, 0.05) is 23.3 Å². The lowest BCUT2D eigenvalue weighted by Crippen LogP contribution is -2.07. The topological polar surface area (TPSA) is 109 Å². The predicted molar refractivity (Wildman–Crippen MR) is 109 cm³/mol. The normalized spacial score (nSPS) is 11.9. The number of para-hydroxylation sites is 2. The molecule has 1 heterocycles. The van der Waals surface area contributed by atoms with Gasteiger partial charge in [-0.2, -0.15) is 0 Å². The summed E-state index contributed by atoms with van der Waals surface area (Å²) in [6.07, 6.45) is 0. The molecule has 2 N–H and O–H groups in total. The number of carbonyl (C=O) groups excluding carboxylic acids is 1. The summed E-state index contributed by atoms with van der Waals surface area (Å²) in [4.78, 5) is 31.1. The Morgan fingerprint density at radius 1 is 0.897 bits per heavy atom. The van der Waals surface area contributed by atoms with Crippen LogP contribution < -0.4 is 0 Å². The number of benzene rings is 3. The fraction of sp³-hybridized carbons (Fsp3) is 0. The largest absolute Gasteiger partial charge is 0.506 e. The van der Waals surface area contributed by atoms with Crippen molar-refractivity contribution < 1.29 is 14.8 Å². The maximum Gasteiger partial charge on any atom is 0.269 e. The van der Waals surface area contributed by atoms with Gasteiger partial charge in [0.2, 0.25) is 5.78 Å². The van der Waals surface area contributed by atoms with E-state index in [1.807, 2.05) is 18.2 Å². The summed E-state index contributed by atoms with van der Waals surface area (Å²) in [5.41, 5.74) is 1.89. The third-order valence-corrected chi connectivity index (χ3v) is 4.48. The standard InChI is InChI=1S/C22H15N3O4/c26-20(14-6-2-1-3-7-14)19(22-23-17-8-4-5-9-18(17)24-22)21(27)15-10-12-16(13-11-15)25(28)29/h1-13,26H,(H,23,24)/b20-19+. The zero-order chi connectivity index (χ0) is 20.4. The molecule has 0 spiro atoms. The van der Waals surface area contributed by atoms with Crippen molar-refractivity contribution in [3.63, 3.8) is 0 Å². The number of nitrogens with zero attached hydrogens (tertiary/aromatic N) is 2. The number of allylic oxidation sites excluding steroid dienone is 1. The average molecular weight is 385 g/mol. The number of Topliss-reactive ketones (excluding diaryl/α,β-unsaturated/α-hetero) is 1. The molecule has 0 saturated carbocycles. The Kier molecular flexibility index (Phi) is 4.62. The summed E-state index contributed by atoms with van der Waals surface area (Å²) >= 11 is 0. The van der Waals surface area contributed by atoms with Crippen LogP contribution in [0.15, 0.2) is 78.9 Å². The van der Waals surface area contributed by atoms with Crippen molar-refractivity contribution in [1.29, 1.82) is 0 Å². The molecule has 7 heteroatoms. The van der Waals surface area contributed by atoms with E-state index in [9.17, 15) is 20.0 Å². The summed E-state index contributed by atoms with van der Waals surface area (Å²) < 4.78 is 0. The number of aliphatic hydroxyl groups excluding tert-OH is 1. The van der Waals surface area contributed by atoms with E-state index in [1.165, 1.54) is 24.3 Å². The molecular formula is C22H15N3O4. The highest BCUT2D eigenvalue weighted by molar-refractivity contribution is 6.33. The summed E-state index contributed by atoms with van der Waals surface area (Å²) in [7, 11) is 0. The van der Waals surface area contributed by atoms with Gasteiger partial charge in [-0.05, 0) is 24.3 Å². The van der Waals surface area contributed by atoms with Gasteiger partial charge >= 0.3 is 0 Å². The van der Waals surface area contributed by atoms with E-state index in [4.69, 9.17) is 0 Å². The van der Waals surface area contributed by atoms with Crippen LogP contribution in [0.4, 0.5) is 5.69 Å². The molecule has 4 aromatic rings. The number of rotatable bonds is 5. The van der Waals surface area contributed by atoms with Crippen molar-refractivity contribution in [3.05, 3.63) is 106 Å². The lowest BCUT2D eigenvalue weighted by Gasteiger charge is -2.09. The Bertz CT molecular complexity index is 1210. The van der Waals surface area contributed by atoms with E-state index in [-0.39, 0.29) is 28.4 Å². The Morgan fingerprint density at radius 2 is 1.55 bits per heavy atom. The highest BCUT2D eigenvalue weighted by atomic mass is 16.6. The molecule has 0 radical (unpaired) electrons. The number of hydrogen-bond donors (Lipinski definition) is 2.